The van der Waals surface area contributed by atoms with Crippen LogP contribution in [0.25, 0.3) is 0 Å². The molecule has 1 aliphatic heterocycles. The van der Waals surface area contributed by atoms with Crippen LogP contribution in [0.15, 0.2) is 41.4 Å². The number of rotatable bonds is 6. The van der Waals surface area contributed by atoms with Gasteiger partial charge in [-0.05, 0) is 35.4 Å². The van der Waals surface area contributed by atoms with Crippen LogP contribution in [-0.4, -0.2) is 34.1 Å². The standard InChI is InChI=1S/C23H22Cl2F3N3O4/c1-22(2,3)17(32)11-31(10-12-5-4-6-14(7-12)23(26,27)28)21(34)20-29-19(30-35-20)13-8-15(24)18(33)16(25)9-13/h4-9,19,30,33H,10-11H2,1-3H3. The molecule has 1 amide bonds. The maximum Gasteiger partial charge on any atom is 0.416 e. The van der Waals surface area contributed by atoms with Gasteiger partial charge in [0, 0.05) is 12.0 Å². The zero-order chi connectivity index (χ0) is 26.1. The molecule has 2 aromatic carbocycles. The van der Waals surface area contributed by atoms with E-state index in [9.17, 15) is 27.9 Å². The molecule has 7 nitrogen and oxygen atoms in total. The van der Waals surface area contributed by atoms with Crippen LogP contribution in [0.3, 0.4) is 0 Å². The summed E-state index contributed by atoms with van der Waals surface area (Å²) in [6.45, 7) is 4.35. The molecule has 3 rings (SSSR count). The predicted molar refractivity (Wildman–Crippen MR) is 124 cm³/mol. The van der Waals surface area contributed by atoms with E-state index >= 15 is 0 Å². The number of carbonyl (C=O) groups excluding carboxylic acids is 2. The zero-order valence-electron chi connectivity index (χ0n) is 18.9. The number of phenolic OH excluding ortho intramolecular Hbond substituents is 1. The first-order valence-corrected chi connectivity index (χ1v) is 11.1. The Labute approximate surface area is 209 Å². The Morgan fingerprint density at radius 2 is 1.77 bits per heavy atom. The Hall–Kier alpha value is -2.82. The summed E-state index contributed by atoms with van der Waals surface area (Å²) in [6, 6.07) is 7.25. The van der Waals surface area contributed by atoms with Gasteiger partial charge in [-0.15, -0.1) is 5.48 Å². The summed E-state index contributed by atoms with van der Waals surface area (Å²) in [4.78, 5) is 36.4. The first-order valence-electron chi connectivity index (χ1n) is 10.3. The van der Waals surface area contributed by atoms with E-state index in [-0.39, 0.29) is 40.2 Å². The fourth-order valence-electron chi connectivity index (χ4n) is 3.08. The topological polar surface area (TPSA) is 91.2 Å². The number of hydrogen-bond donors (Lipinski definition) is 2. The van der Waals surface area contributed by atoms with Crippen LogP contribution in [0.4, 0.5) is 13.2 Å². The van der Waals surface area contributed by atoms with Crippen molar-refractivity contribution in [2.45, 2.75) is 39.7 Å². The van der Waals surface area contributed by atoms with E-state index in [1.165, 1.54) is 24.3 Å². The largest absolute Gasteiger partial charge is 0.505 e. The Bertz CT molecular complexity index is 1160. The number of aliphatic imine (C=N–C) groups is 1. The summed E-state index contributed by atoms with van der Waals surface area (Å²) in [6.07, 6.45) is -5.47. The number of Topliss-reactive ketones (excluding diaryl/α,β-unsaturated/α-hetero) is 1. The van der Waals surface area contributed by atoms with Gasteiger partial charge in [0.05, 0.1) is 22.2 Å². The monoisotopic (exact) mass is 531 g/mol. The van der Waals surface area contributed by atoms with Crippen molar-refractivity contribution in [1.82, 2.24) is 10.4 Å². The van der Waals surface area contributed by atoms with Crippen molar-refractivity contribution < 1.29 is 32.7 Å². The molecule has 1 heterocycles. The van der Waals surface area contributed by atoms with Crippen molar-refractivity contribution in [3.05, 3.63) is 63.1 Å². The van der Waals surface area contributed by atoms with E-state index in [1.807, 2.05) is 0 Å². The maximum atomic E-state index is 13.2. The van der Waals surface area contributed by atoms with Crippen LogP contribution in [-0.2, 0) is 27.1 Å². The van der Waals surface area contributed by atoms with Gasteiger partial charge in [0.2, 0.25) is 0 Å². The molecule has 0 aliphatic carbocycles. The molecule has 0 spiro atoms. The van der Waals surface area contributed by atoms with Crippen molar-refractivity contribution in [2.75, 3.05) is 6.54 Å². The third kappa shape index (κ3) is 6.45. The molecule has 0 radical (unpaired) electrons. The second-order valence-electron chi connectivity index (χ2n) is 8.92. The van der Waals surface area contributed by atoms with Crippen molar-refractivity contribution in [2.24, 2.45) is 10.4 Å². The van der Waals surface area contributed by atoms with Gasteiger partial charge in [-0.1, -0.05) is 56.1 Å². The highest BCUT2D eigenvalue weighted by atomic mass is 35.5. The second-order valence-corrected chi connectivity index (χ2v) is 9.74. The predicted octanol–water partition coefficient (Wildman–Crippen LogP) is 5.29. The molecule has 1 unspecified atom stereocenters. The lowest BCUT2D eigenvalue weighted by atomic mass is 9.90. The maximum absolute atomic E-state index is 13.2. The van der Waals surface area contributed by atoms with Gasteiger partial charge in [-0.2, -0.15) is 13.2 Å². The average Bonchev–Trinajstić information content (AvgIpc) is 3.25. The lowest BCUT2D eigenvalue weighted by molar-refractivity contribution is -0.137. The highest BCUT2D eigenvalue weighted by Gasteiger charge is 2.34. The van der Waals surface area contributed by atoms with E-state index in [4.69, 9.17) is 28.0 Å². The molecule has 0 saturated heterocycles. The summed E-state index contributed by atoms with van der Waals surface area (Å²) in [7, 11) is 0. The number of halogens is 5. The minimum absolute atomic E-state index is 0.0359. The number of hydroxylamine groups is 1. The van der Waals surface area contributed by atoms with Crippen LogP contribution in [0.2, 0.25) is 10.0 Å². The SMILES string of the molecule is CC(C)(C)C(=O)CN(Cc1cccc(C(F)(F)F)c1)C(=O)C1=NC(c2cc(Cl)c(O)c(Cl)c2)NO1. The van der Waals surface area contributed by atoms with E-state index in [0.29, 0.717) is 5.56 Å². The number of amides is 1. The van der Waals surface area contributed by atoms with Gasteiger partial charge in [0.15, 0.2) is 17.7 Å². The number of benzene rings is 2. The summed E-state index contributed by atoms with van der Waals surface area (Å²) < 4.78 is 39.4. The lowest BCUT2D eigenvalue weighted by Crippen LogP contribution is -2.43. The van der Waals surface area contributed by atoms with Crippen LogP contribution >= 0.6 is 23.2 Å². The first kappa shape index (κ1) is 26.8. The molecule has 0 saturated carbocycles. The number of phenols is 1. The molecular weight excluding hydrogens is 510 g/mol. The fraction of sp³-hybridized carbons (Fsp3) is 0.348. The number of hydrogen-bond acceptors (Lipinski definition) is 6. The molecule has 35 heavy (non-hydrogen) atoms. The van der Waals surface area contributed by atoms with Gasteiger partial charge >= 0.3 is 18.0 Å². The second kappa shape index (κ2) is 10.0. The number of aromatic hydroxyl groups is 1. The summed E-state index contributed by atoms with van der Waals surface area (Å²) in [5.74, 6) is -1.82. The van der Waals surface area contributed by atoms with E-state index < -0.39 is 35.1 Å². The normalized spacial score (nSPS) is 16.0. The first-order chi connectivity index (χ1) is 16.2. The quantitative estimate of drug-likeness (QED) is 0.528. The molecule has 188 valence electrons. The van der Waals surface area contributed by atoms with Crippen molar-refractivity contribution in [3.63, 3.8) is 0 Å². The number of nitrogens with one attached hydrogen (secondary N) is 1. The Morgan fingerprint density at radius 3 is 2.34 bits per heavy atom. The smallest absolute Gasteiger partial charge is 0.416 e. The van der Waals surface area contributed by atoms with Crippen molar-refractivity contribution >= 4 is 40.8 Å². The number of alkyl halides is 3. The molecule has 12 heteroatoms. The van der Waals surface area contributed by atoms with E-state index in [1.54, 1.807) is 20.8 Å². The Balaban J connectivity index is 1.89. The highest BCUT2D eigenvalue weighted by Crippen LogP contribution is 2.35. The summed E-state index contributed by atoms with van der Waals surface area (Å²) in [5, 5.41) is 9.66. The number of ketones is 1. The summed E-state index contributed by atoms with van der Waals surface area (Å²) in [5.41, 5.74) is 1.41. The van der Waals surface area contributed by atoms with Gasteiger partial charge in [-0.3, -0.25) is 9.59 Å². The third-order valence-electron chi connectivity index (χ3n) is 5.14. The van der Waals surface area contributed by atoms with E-state index in [2.05, 4.69) is 10.5 Å². The third-order valence-corrected chi connectivity index (χ3v) is 5.71. The molecule has 0 fully saturated rings. The molecule has 2 aromatic rings. The molecule has 0 bridgehead atoms. The highest BCUT2D eigenvalue weighted by molar-refractivity contribution is 6.37. The molecule has 1 atom stereocenters. The average molecular weight is 532 g/mol. The van der Waals surface area contributed by atoms with Crippen LogP contribution in [0.5, 0.6) is 5.75 Å². The Morgan fingerprint density at radius 1 is 1.14 bits per heavy atom. The van der Waals surface area contributed by atoms with Gasteiger partial charge < -0.3 is 14.8 Å². The van der Waals surface area contributed by atoms with Gasteiger partial charge in [0.25, 0.3) is 0 Å². The molecule has 0 aromatic heterocycles. The molecular formula is C23H22Cl2F3N3O4. The Kier molecular flexibility index (Phi) is 7.68. The van der Waals surface area contributed by atoms with Crippen molar-refractivity contribution in [3.8, 4) is 5.75 Å². The number of carbonyl (C=O) groups is 2. The lowest BCUT2D eigenvalue weighted by Gasteiger charge is -2.25. The molecule has 1 aliphatic rings. The molecule has 2 N–H and O–H groups in total. The van der Waals surface area contributed by atoms with Crippen molar-refractivity contribution in [1.29, 1.82) is 0 Å². The van der Waals surface area contributed by atoms with Gasteiger partial charge in [0.1, 0.15) is 0 Å². The van der Waals surface area contributed by atoms with Crippen LogP contribution in [0.1, 0.15) is 43.6 Å². The minimum Gasteiger partial charge on any atom is -0.505 e. The van der Waals surface area contributed by atoms with Gasteiger partial charge in [-0.25, -0.2) is 4.99 Å². The minimum atomic E-state index is -4.56. The fourth-order valence-corrected chi connectivity index (χ4v) is 3.58. The summed E-state index contributed by atoms with van der Waals surface area (Å²) >= 11 is 11.9. The van der Waals surface area contributed by atoms with Crippen LogP contribution < -0.4 is 5.48 Å². The van der Waals surface area contributed by atoms with E-state index in [0.717, 1.165) is 17.0 Å². The van der Waals surface area contributed by atoms with Crippen LogP contribution in [0, 0.1) is 5.41 Å². The zero-order valence-corrected chi connectivity index (χ0v) is 20.4. The number of nitrogens with zero attached hydrogens (tertiary/aromatic N) is 2.